The lowest BCUT2D eigenvalue weighted by Gasteiger charge is -2.48. The van der Waals surface area contributed by atoms with Crippen molar-refractivity contribution in [2.24, 2.45) is 0 Å². The number of aromatic nitrogens is 1. The van der Waals surface area contributed by atoms with E-state index in [1.54, 1.807) is 0 Å². The molecule has 1 unspecified atom stereocenters. The summed E-state index contributed by atoms with van der Waals surface area (Å²) >= 11 is 0. The van der Waals surface area contributed by atoms with Gasteiger partial charge in [-0.3, -0.25) is 0 Å². The molecule has 0 bridgehead atoms. The topological polar surface area (TPSA) is 3.88 Å². The van der Waals surface area contributed by atoms with Crippen LogP contribution >= 0.6 is 0 Å². The quantitative estimate of drug-likeness (QED) is 0.154. The Morgan fingerprint density at radius 3 is 1.51 bits per heavy atom. The van der Waals surface area contributed by atoms with Gasteiger partial charge in [-0.25, -0.2) is 0 Å². The van der Waals surface area contributed by atoms with Gasteiger partial charge < -0.3 is 0 Å². The normalized spacial score (nSPS) is 16.2. The minimum absolute atomic E-state index is 0.00193. The summed E-state index contributed by atoms with van der Waals surface area (Å²) in [5.41, 5.74) is 14.0. The zero-order valence-electron chi connectivity index (χ0n) is 29.1. The predicted octanol–water partition coefficient (Wildman–Crippen LogP) is 12.7. The zero-order chi connectivity index (χ0) is 33.6. The van der Waals surface area contributed by atoms with Gasteiger partial charge in [-0.1, -0.05) is 130 Å². The Kier molecular flexibility index (Phi) is 7.80. The highest BCUT2D eigenvalue weighted by Crippen LogP contribution is 2.52. The molecule has 49 heavy (non-hydrogen) atoms. The maximum Gasteiger partial charge on any atom is 0.213 e. The van der Waals surface area contributed by atoms with Crippen LogP contribution in [-0.4, -0.2) is 0 Å². The lowest BCUT2D eigenvalue weighted by Crippen LogP contribution is -2.68. The first-order valence-electron chi connectivity index (χ1n) is 17.9. The van der Waals surface area contributed by atoms with Gasteiger partial charge in [-0.05, 0) is 105 Å². The number of hydrogen-bond acceptors (Lipinski definition) is 0. The number of rotatable bonds is 7. The fourth-order valence-electron chi connectivity index (χ4n) is 8.84. The average Bonchev–Trinajstić information content (AvgIpc) is 3.18. The molecule has 2 heterocycles. The molecule has 1 aliphatic heterocycles. The minimum Gasteiger partial charge on any atom is -0.191 e. The fraction of sp³-hybridized carbons (Fsp3) is 0.188. The van der Waals surface area contributed by atoms with Crippen molar-refractivity contribution >= 4 is 10.8 Å². The minimum atomic E-state index is -0.00419. The third-order valence-corrected chi connectivity index (χ3v) is 11.7. The summed E-state index contributed by atoms with van der Waals surface area (Å²) in [5.74, 6) is 0. The van der Waals surface area contributed by atoms with E-state index in [-0.39, 0.29) is 11.0 Å². The van der Waals surface area contributed by atoms with E-state index in [1.165, 1.54) is 72.1 Å². The van der Waals surface area contributed by atoms with Gasteiger partial charge in [-0.15, -0.1) is 0 Å². The van der Waals surface area contributed by atoms with Crippen LogP contribution < -0.4 is 4.57 Å². The molecule has 0 N–H and O–H groups in total. The zero-order valence-corrected chi connectivity index (χ0v) is 29.1. The van der Waals surface area contributed by atoms with Crippen LogP contribution in [0.1, 0.15) is 52.5 Å². The van der Waals surface area contributed by atoms with E-state index in [9.17, 15) is 0 Å². The van der Waals surface area contributed by atoms with Crippen LogP contribution in [0.2, 0.25) is 0 Å². The Labute approximate surface area is 291 Å². The first-order valence-corrected chi connectivity index (χ1v) is 17.9. The second-order valence-corrected chi connectivity index (χ2v) is 14.0. The summed E-state index contributed by atoms with van der Waals surface area (Å²) in [4.78, 5) is 0. The van der Waals surface area contributed by atoms with Crippen LogP contribution in [-0.2, 0) is 11.0 Å². The number of hydrogen-bond donors (Lipinski definition) is 0. The molecule has 7 aromatic rings. The molecule has 1 aromatic heterocycles. The molecule has 0 radical (unpaired) electrons. The average molecular weight is 635 g/mol. The first-order chi connectivity index (χ1) is 24.0. The van der Waals surface area contributed by atoms with E-state index in [1.807, 2.05) is 0 Å². The Balaban J connectivity index is 1.29. The summed E-state index contributed by atoms with van der Waals surface area (Å²) < 4.78 is 2.65. The van der Waals surface area contributed by atoms with Gasteiger partial charge in [0.1, 0.15) is 0 Å². The van der Waals surface area contributed by atoms with E-state index >= 15 is 0 Å². The van der Waals surface area contributed by atoms with E-state index in [2.05, 4.69) is 190 Å². The molecule has 8 rings (SSSR count). The van der Waals surface area contributed by atoms with Crippen LogP contribution in [0, 0.1) is 0 Å². The van der Waals surface area contributed by atoms with Gasteiger partial charge in [0.2, 0.25) is 5.69 Å². The van der Waals surface area contributed by atoms with Crippen molar-refractivity contribution in [1.82, 2.24) is 0 Å². The molecule has 0 amide bonds. The van der Waals surface area contributed by atoms with E-state index in [4.69, 9.17) is 0 Å². The van der Waals surface area contributed by atoms with Crippen LogP contribution in [0.25, 0.3) is 66.5 Å². The van der Waals surface area contributed by atoms with Gasteiger partial charge in [0.15, 0.2) is 11.7 Å². The second-order valence-electron chi connectivity index (χ2n) is 14.0. The highest BCUT2D eigenvalue weighted by Gasteiger charge is 2.58. The smallest absolute Gasteiger partial charge is 0.191 e. The number of pyridine rings is 1. The van der Waals surface area contributed by atoms with Gasteiger partial charge in [0.05, 0.1) is 11.0 Å². The van der Waals surface area contributed by atoms with Crippen molar-refractivity contribution in [2.75, 3.05) is 0 Å². The lowest BCUT2D eigenvalue weighted by atomic mass is 9.58. The maximum absolute atomic E-state index is 2.65. The molecule has 0 fully saturated rings. The summed E-state index contributed by atoms with van der Waals surface area (Å²) in [5, 5.41) is 2.59. The van der Waals surface area contributed by atoms with Gasteiger partial charge in [0, 0.05) is 24.3 Å². The fourth-order valence-corrected chi connectivity index (χ4v) is 8.84. The molecule has 0 spiro atoms. The number of nitrogens with zero attached hydrogens (tertiary/aromatic N) is 1. The van der Waals surface area contributed by atoms with Crippen LogP contribution in [0.15, 0.2) is 158 Å². The van der Waals surface area contributed by atoms with E-state index in [0.717, 1.165) is 19.3 Å². The molecule has 0 saturated heterocycles. The Morgan fingerprint density at radius 1 is 0.429 bits per heavy atom. The number of fused-ring (bicyclic) bond motifs is 4. The highest BCUT2D eigenvalue weighted by molar-refractivity contribution is 5.87. The van der Waals surface area contributed by atoms with Crippen LogP contribution in [0.4, 0.5) is 0 Å². The Morgan fingerprint density at radius 2 is 0.918 bits per heavy atom. The van der Waals surface area contributed by atoms with Gasteiger partial charge in [-0.2, -0.15) is 4.57 Å². The molecule has 1 atom stereocenters. The monoisotopic (exact) mass is 634 g/mol. The maximum atomic E-state index is 2.65. The van der Waals surface area contributed by atoms with Crippen LogP contribution in [0.3, 0.4) is 0 Å². The largest absolute Gasteiger partial charge is 0.213 e. The first kappa shape index (κ1) is 31.0. The van der Waals surface area contributed by atoms with Crippen LogP contribution in [0.5, 0.6) is 0 Å². The Bertz CT molecular complexity index is 2240. The highest BCUT2D eigenvalue weighted by atomic mass is 15.1. The summed E-state index contributed by atoms with van der Waals surface area (Å²) in [6.07, 6.45) is 5.68. The predicted molar refractivity (Wildman–Crippen MR) is 208 cm³/mol. The third kappa shape index (κ3) is 5.03. The van der Waals surface area contributed by atoms with E-state index < -0.39 is 0 Å². The summed E-state index contributed by atoms with van der Waals surface area (Å²) in [7, 11) is 0. The molecule has 1 nitrogen and oxygen atoms in total. The van der Waals surface area contributed by atoms with Crippen molar-refractivity contribution in [3.63, 3.8) is 0 Å². The van der Waals surface area contributed by atoms with Crippen molar-refractivity contribution in [3.8, 4) is 55.8 Å². The van der Waals surface area contributed by atoms with Crippen molar-refractivity contribution < 1.29 is 4.57 Å². The van der Waals surface area contributed by atoms with Gasteiger partial charge in [0.25, 0.3) is 0 Å². The van der Waals surface area contributed by atoms with Crippen molar-refractivity contribution in [2.45, 2.75) is 57.9 Å². The van der Waals surface area contributed by atoms with Gasteiger partial charge >= 0.3 is 0 Å². The molecule has 240 valence electrons. The molecular formula is C48H44N+. The molecule has 0 aliphatic carbocycles. The number of benzene rings is 6. The standard InChI is InChI=1S/C48H44N/c1-5-47(4)45-26-25-39(31-44(45)46-32-38-21-14-15-22-40(38)33-49(46)48(47,6-2)7-3)36-23-16-24-37(27-36)43-29-41(34-17-10-8-11-18-34)28-42(30-43)35-19-12-9-13-20-35/h8-33H,5-7H2,1-4H3/q+1. The van der Waals surface area contributed by atoms with Crippen molar-refractivity contribution in [1.29, 1.82) is 0 Å². The molecule has 6 aromatic carbocycles. The molecule has 1 aliphatic rings. The molecule has 0 saturated carbocycles. The summed E-state index contributed by atoms with van der Waals surface area (Å²) in [6, 6.07) is 56.1. The second kappa shape index (κ2) is 12.3. The van der Waals surface area contributed by atoms with E-state index in [0.29, 0.717) is 0 Å². The summed E-state index contributed by atoms with van der Waals surface area (Å²) in [6.45, 7) is 9.64. The molecule has 1 heteroatoms. The Hall–Kier alpha value is -5.27. The lowest BCUT2D eigenvalue weighted by molar-refractivity contribution is -0.768. The molecular weight excluding hydrogens is 591 g/mol. The van der Waals surface area contributed by atoms with Crippen molar-refractivity contribution in [3.05, 3.63) is 163 Å². The third-order valence-electron chi connectivity index (χ3n) is 11.7. The SMILES string of the molecule is CCC1(C)c2ccc(-c3cccc(-c4cc(-c5ccccc5)cc(-c5ccccc5)c4)c3)cc2-c2cc3ccccc3c[n+]2C1(CC)CC.